The molecule has 14 heavy (non-hydrogen) atoms. The van der Waals surface area contributed by atoms with Gasteiger partial charge in [0.25, 0.3) is 0 Å². The molecular weight excluding hydrogens is 182 g/mol. The van der Waals surface area contributed by atoms with E-state index >= 15 is 0 Å². The highest BCUT2D eigenvalue weighted by molar-refractivity contribution is 4.77. The zero-order valence-corrected chi connectivity index (χ0v) is 9.11. The second kappa shape index (κ2) is 6.35. The monoisotopic (exact) mass is 203 g/mol. The van der Waals surface area contributed by atoms with E-state index in [1.54, 1.807) is 7.11 Å². The van der Waals surface area contributed by atoms with Gasteiger partial charge in [-0.1, -0.05) is 6.92 Å². The Hall–Kier alpha value is -0.160. The van der Waals surface area contributed by atoms with E-state index in [-0.39, 0.29) is 6.10 Å². The van der Waals surface area contributed by atoms with E-state index in [0.717, 1.165) is 26.1 Å². The van der Waals surface area contributed by atoms with Crippen molar-refractivity contribution < 1.29 is 14.6 Å². The van der Waals surface area contributed by atoms with Crippen molar-refractivity contribution >= 4 is 0 Å². The molecule has 0 aromatic heterocycles. The van der Waals surface area contributed by atoms with Gasteiger partial charge in [0.1, 0.15) is 6.10 Å². The maximum atomic E-state index is 9.68. The van der Waals surface area contributed by atoms with Crippen molar-refractivity contribution in [3.8, 4) is 0 Å². The van der Waals surface area contributed by atoms with Crippen molar-refractivity contribution in [1.29, 1.82) is 0 Å². The van der Waals surface area contributed by atoms with Gasteiger partial charge in [0.2, 0.25) is 0 Å². The van der Waals surface area contributed by atoms with Crippen LogP contribution in [0.15, 0.2) is 0 Å². The fourth-order valence-corrected chi connectivity index (χ4v) is 1.76. The first-order valence-corrected chi connectivity index (χ1v) is 5.29. The number of nitrogens with zero attached hydrogens (tertiary/aromatic N) is 1. The van der Waals surface area contributed by atoms with Crippen molar-refractivity contribution in [2.75, 3.05) is 40.0 Å². The van der Waals surface area contributed by atoms with Crippen molar-refractivity contribution in [3.05, 3.63) is 0 Å². The molecule has 1 N–H and O–H groups in total. The zero-order chi connectivity index (χ0) is 10.4. The van der Waals surface area contributed by atoms with Gasteiger partial charge in [0.15, 0.2) is 0 Å². The minimum atomic E-state index is -0.500. The van der Waals surface area contributed by atoms with Gasteiger partial charge in [-0.15, -0.1) is 0 Å². The Balaban J connectivity index is 2.31. The Morgan fingerprint density at radius 1 is 1.64 bits per heavy atom. The van der Waals surface area contributed by atoms with Crippen LogP contribution < -0.4 is 0 Å². The first kappa shape index (κ1) is 11.9. The quantitative estimate of drug-likeness (QED) is 0.688. The lowest BCUT2D eigenvalue weighted by molar-refractivity contribution is -0.105. The number of hydrogen-bond donors (Lipinski definition) is 1. The summed E-state index contributed by atoms with van der Waals surface area (Å²) in [4.78, 5) is 2.33. The zero-order valence-electron chi connectivity index (χ0n) is 9.11. The number of morpholine rings is 1. The van der Waals surface area contributed by atoms with Gasteiger partial charge >= 0.3 is 0 Å². The fourth-order valence-electron chi connectivity index (χ4n) is 1.76. The average molecular weight is 203 g/mol. The van der Waals surface area contributed by atoms with Gasteiger partial charge in [0.05, 0.1) is 19.3 Å². The molecule has 1 saturated heterocycles. The molecule has 2 atom stereocenters. The van der Waals surface area contributed by atoms with E-state index in [4.69, 9.17) is 9.47 Å². The van der Waals surface area contributed by atoms with Gasteiger partial charge in [-0.2, -0.15) is 0 Å². The van der Waals surface area contributed by atoms with Gasteiger partial charge < -0.3 is 14.6 Å². The Bertz CT molecular complexity index is 148. The summed E-state index contributed by atoms with van der Waals surface area (Å²) in [6.07, 6.45) is 0.558. The van der Waals surface area contributed by atoms with Crippen molar-refractivity contribution in [2.45, 2.75) is 25.6 Å². The molecule has 1 aliphatic rings. The Kier molecular flexibility index (Phi) is 5.40. The molecule has 0 radical (unpaired) electrons. The summed E-state index contributed by atoms with van der Waals surface area (Å²) in [6, 6.07) is 0. The Labute approximate surface area is 85.8 Å². The van der Waals surface area contributed by atoms with Crippen LogP contribution in [0, 0.1) is 0 Å². The van der Waals surface area contributed by atoms with Gasteiger partial charge in [-0.05, 0) is 13.0 Å². The third-order valence-electron chi connectivity index (χ3n) is 2.48. The minimum absolute atomic E-state index is 0.0877. The predicted octanol–water partition coefficient (Wildman–Crippen LogP) is 0.104. The molecule has 0 saturated carbocycles. The Morgan fingerprint density at radius 2 is 2.43 bits per heavy atom. The maximum Gasteiger partial charge on any atom is 0.105 e. The van der Waals surface area contributed by atoms with E-state index in [1.807, 2.05) is 0 Å². The number of ether oxygens (including phenoxy) is 2. The standard InChI is InChI=1S/C10H21NO3/c1-3-4-11-5-6-14-10(7-11)9(12)8-13-2/h9-10,12H,3-8H2,1-2H3. The van der Waals surface area contributed by atoms with Crippen LogP contribution in [-0.4, -0.2) is 62.2 Å². The lowest BCUT2D eigenvalue weighted by Gasteiger charge is -2.34. The van der Waals surface area contributed by atoms with Crippen LogP contribution in [0.1, 0.15) is 13.3 Å². The van der Waals surface area contributed by atoms with Crippen LogP contribution in [0.2, 0.25) is 0 Å². The van der Waals surface area contributed by atoms with Crippen LogP contribution in [0.5, 0.6) is 0 Å². The molecule has 0 amide bonds. The summed E-state index contributed by atoms with van der Waals surface area (Å²) < 4.78 is 10.4. The molecule has 4 nitrogen and oxygen atoms in total. The molecule has 1 rings (SSSR count). The molecule has 1 fully saturated rings. The topological polar surface area (TPSA) is 41.9 Å². The molecule has 84 valence electrons. The molecule has 1 heterocycles. The van der Waals surface area contributed by atoms with Crippen LogP contribution in [-0.2, 0) is 9.47 Å². The summed E-state index contributed by atoms with van der Waals surface area (Å²) in [5.41, 5.74) is 0. The number of hydrogen-bond acceptors (Lipinski definition) is 4. The van der Waals surface area contributed by atoms with Crippen LogP contribution >= 0.6 is 0 Å². The number of rotatable bonds is 5. The third-order valence-corrected chi connectivity index (χ3v) is 2.48. The van der Waals surface area contributed by atoms with Crippen molar-refractivity contribution in [1.82, 2.24) is 4.90 Å². The molecule has 0 bridgehead atoms. The highest BCUT2D eigenvalue weighted by Gasteiger charge is 2.26. The second-order valence-corrected chi connectivity index (χ2v) is 3.73. The van der Waals surface area contributed by atoms with Gasteiger partial charge in [0, 0.05) is 20.2 Å². The molecule has 1 aliphatic heterocycles. The van der Waals surface area contributed by atoms with E-state index in [1.165, 1.54) is 0 Å². The summed E-state index contributed by atoms with van der Waals surface area (Å²) >= 11 is 0. The highest BCUT2D eigenvalue weighted by atomic mass is 16.5. The van der Waals surface area contributed by atoms with E-state index in [2.05, 4.69) is 11.8 Å². The number of methoxy groups -OCH3 is 1. The molecule has 2 unspecified atom stereocenters. The summed E-state index contributed by atoms with van der Waals surface area (Å²) in [5, 5.41) is 9.68. The highest BCUT2D eigenvalue weighted by Crippen LogP contribution is 2.09. The largest absolute Gasteiger partial charge is 0.388 e. The number of aliphatic hydroxyl groups excluding tert-OH is 1. The van der Waals surface area contributed by atoms with E-state index in [0.29, 0.717) is 13.2 Å². The summed E-state index contributed by atoms with van der Waals surface area (Å²) in [7, 11) is 1.59. The maximum absolute atomic E-state index is 9.68. The predicted molar refractivity (Wildman–Crippen MR) is 54.4 cm³/mol. The number of aliphatic hydroxyl groups is 1. The average Bonchev–Trinajstić information content (AvgIpc) is 2.19. The molecule has 4 heteroatoms. The smallest absolute Gasteiger partial charge is 0.105 e. The third kappa shape index (κ3) is 3.53. The minimum Gasteiger partial charge on any atom is -0.388 e. The van der Waals surface area contributed by atoms with Crippen molar-refractivity contribution in [3.63, 3.8) is 0 Å². The lowest BCUT2D eigenvalue weighted by Crippen LogP contribution is -2.49. The first-order chi connectivity index (χ1) is 6.77. The van der Waals surface area contributed by atoms with E-state index in [9.17, 15) is 5.11 Å². The normalized spacial score (nSPS) is 26.4. The lowest BCUT2D eigenvalue weighted by atomic mass is 10.1. The molecule has 0 aromatic carbocycles. The van der Waals surface area contributed by atoms with Gasteiger partial charge in [-0.25, -0.2) is 0 Å². The van der Waals surface area contributed by atoms with E-state index < -0.39 is 6.10 Å². The van der Waals surface area contributed by atoms with Crippen LogP contribution in [0.4, 0.5) is 0 Å². The first-order valence-electron chi connectivity index (χ1n) is 5.29. The summed E-state index contributed by atoms with van der Waals surface area (Å²) in [5.74, 6) is 0. The molecule has 0 aromatic rings. The fraction of sp³-hybridized carbons (Fsp3) is 1.00. The Morgan fingerprint density at radius 3 is 3.07 bits per heavy atom. The van der Waals surface area contributed by atoms with Gasteiger partial charge in [-0.3, -0.25) is 4.90 Å². The van der Waals surface area contributed by atoms with Crippen molar-refractivity contribution in [2.24, 2.45) is 0 Å². The SMILES string of the molecule is CCCN1CCOC(C(O)COC)C1. The molecular formula is C10H21NO3. The molecule has 0 spiro atoms. The summed E-state index contributed by atoms with van der Waals surface area (Å²) in [6.45, 7) is 6.11. The molecule has 0 aliphatic carbocycles. The van der Waals surface area contributed by atoms with Crippen LogP contribution in [0.3, 0.4) is 0 Å². The second-order valence-electron chi connectivity index (χ2n) is 3.73. The van der Waals surface area contributed by atoms with Crippen LogP contribution in [0.25, 0.3) is 0 Å².